The topological polar surface area (TPSA) is 55.8 Å². The van der Waals surface area contributed by atoms with Gasteiger partial charge in [-0.05, 0) is 27.2 Å². The fourth-order valence-corrected chi connectivity index (χ4v) is 1.17. The second kappa shape index (κ2) is 7.63. The summed E-state index contributed by atoms with van der Waals surface area (Å²) in [5.74, 6) is -0.393. The van der Waals surface area contributed by atoms with Crippen LogP contribution in [0.5, 0.6) is 0 Å². The van der Waals surface area contributed by atoms with E-state index in [1.807, 2.05) is 0 Å². The number of aliphatic hydroxyl groups is 1. The third-order valence-electron chi connectivity index (χ3n) is 1.84. The van der Waals surface area contributed by atoms with E-state index in [4.69, 9.17) is 9.47 Å². The molecule has 0 aromatic carbocycles. The lowest BCUT2D eigenvalue weighted by atomic mass is 10.2. The van der Waals surface area contributed by atoms with Gasteiger partial charge in [-0.3, -0.25) is 0 Å². The number of unbranched alkanes of at least 4 members (excludes halogenated alkanes) is 1. The van der Waals surface area contributed by atoms with Gasteiger partial charge in [0.15, 0.2) is 0 Å². The highest BCUT2D eigenvalue weighted by Gasteiger charge is 2.16. The smallest absolute Gasteiger partial charge is 0.332 e. The Morgan fingerprint density at radius 3 is 2.50 bits per heavy atom. The number of hydrogen-bond acceptors (Lipinski definition) is 4. The fourth-order valence-electron chi connectivity index (χ4n) is 1.17. The van der Waals surface area contributed by atoms with Crippen LogP contribution in [0, 0.1) is 0 Å². The van der Waals surface area contributed by atoms with Crippen molar-refractivity contribution in [3.63, 3.8) is 0 Å². The van der Waals surface area contributed by atoms with Crippen molar-refractivity contribution in [2.45, 2.75) is 58.7 Å². The van der Waals surface area contributed by atoms with Crippen LogP contribution in [-0.4, -0.2) is 36.0 Å². The SMILES string of the molecule is CCCCC(O)COCC(=O)OC(C)(C)C. The molecule has 0 aliphatic rings. The predicted molar refractivity (Wildman–Crippen MR) is 62.2 cm³/mol. The fraction of sp³-hybridized carbons (Fsp3) is 0.917. The van der Waals surface area contributed by atoms with Crippen LogP contribution in [0.3, 0.4) is 0 Å². The standard InChI is InChI=1S/C12H24O4/c1-5-6-7-10(13)8-15-9-11(14)16-12(2,3)4/h10,13H,5-9H2,1-4H3. The van der Waals surface area contributed by atoms with Gasteiger partial charge in [-0.2, -0.15) is 0 Å². The number of hydrogen-bond donors (Lipinski definition) is 1. The minimum Gasteiger partial charge on any atom is -0.458 e. The normalized spacial score (nSPS) is 13.6. The monoisotopic (exact) mass is 232 g/mol. The molecule has 0 amide bonds. The molecular formula is C12H24O4. The van der Waals surface area contributed by atoms with Crippen LogP contribution in [0.15, 0.2) is 0 Å². The van der Waals surface area contributed by atoms with Gasteiger partial charge < -0.3 is 14.6 Å². The average molecular weight is 232 g/mol. The Hall–Kier alpha value is -0.610. The van der Waals surface area contributed by atoms with Crippen molar-refractivity contribution in [2.24, 2.45) is 0 Å². The Balaban J connectivity index is 3.54. The van der Waals surface area contributed by atoms with E-state index in [0.717, 1.165) is 12.8 Å². The number of carbonyl (C=O) groups excluding carboxylic acids is 1. The highest BCUT2D eigenvalue weighted by atomic mass is 16.6. The third kappa shape index (κ3) is 9.93. The zero-order valence-electron chi connectivity index (χ0n) is 10.8. The first-order valence-electron chi connectivity index (χ1n) is 5.83. The lowest BCUT2D eigenvalue weighted by Gasteiger charge is -2.19. The van der Waals surface area contributed by atoms with Crippen LogP contribution in [0.1, 0.15) is 47.0 Å². The molecule has 0 aromatic heterocycles. The Kier molecular flexibility index (Phi) is 7.34. The Morgan fingerprint density at radius 2 is 2.00 bits per heavy atom. The molecule has 0 bridgehead atoms. The van der Waals surface area contributed by atoms with Crippen LogP contribution in [0.4, 0.5) is 0 Å². The molecule has 0 heterocycles. The second-order valence-corrected chi connectivity index (χ2v) is 4.90. The molecule has 0 aliphatic heterocycles. The molecule has 0 spiro atoms. The zero-order chi connectivity index (χ0) is 12.6. The molecule has 0 aromatic rings. The summed E-state index contributed by atoms with van der Waals surface area (Å²) in [6.45, 7) is 7.58. The zero-order valence-corrected chi connectivity index (χ0v) is 10.8. The van der Waals surface area contributed by atoms with E-state index >= 15 is 0 Å². The molecule has 0 aliphatic carbocycles. The van der Waals surface area contributed by atoms with Gasteiger partial charge in [0.05, 0.1) is 12.7 Å². The highest BCUT2D eigenvalue weighted by Crippen LogP contribution is 2.07. The summed E-state index contributed by atoms with van der Waals surface area (Å²) in [7, 11) is 0. The number of aliphatic hydroxyl groups excluding tert-OH is 1. The minimum atomic E-state index is -0.485. The van der Waals surface area contributed by atoms with E-state index in [2.05, 4.69) is 6.92 Å². The van der Waals surface area contributed by atoms with Gasteiger partial charge >= 0.3 is 5.97 Å². The van der Waals surface area contributed by atoms with E-state index in [9.17, 15) is 9.90 Å². The summed E-state index contributed by atoms with van der Waals surface area (Å²) in [4.78, 5) is 11.2. The lowest BCUT2D eigenvalue weighted by molar-refractivity contribution is -0.161. The molecule has 1 atom stereocenters. The summed E-state index contributed by atoms with van der Waals surface area (Å²) in [5, 5.41) is 9.45. The molecule has 0 radical (unpaired) electrons. The molecule has 0 rings (SSSR count). The molecule has 1 unspecified atom stereocenters. The predicted octanol–water partition coefficient (Wildman–Crippen LogP) is 1.90. The largest absolute Gasteiger partial charge is 0.458 e. The lowest BCUT2D eigenvalue weighted by Crippen LogP contribution is -2.27. The van der Waals surface area contributed by atoms with Gasteiger partial charge in [0.2, 0.25) is 0 Å². The summed E-state index contributed by atoms with van der Waals surface area (Å²) < 4.78 is 10.1. The second-order valence-electron chi connectivity index (χ2n) is 4.90. The van der Waals surface area contributed by atoms with Crippen LogP contribution < -0.4 is 0 Å². The maximum atomic E-state index is 11.2. The van der Waals surface area contributed by atoms with Crippen LogP contribution in [0.2, 0.25) is 0 Å². The maximum absolute atomic E-state index is 11.2. The number of rotatable bonds is 7. The molecule has 0 fully saturated rings. The average Bonchev–Trinajstić information content (AvgIpc) is 2.11. The van der Waals surface area contributed by atoms with Crippen molar-refractivity contribution in [3.8, 4) is 0 Å². The van der Waals surface area contributed by atoms with Crippen molar-refractivity contribution in [1.82, 2.24) is 0 Å². The van der Waals surface area contributed by atoms with E-state index in [1.54, 1.807) is 20.8 Å². The van der Waals surface area contributed by atoms with Gasteiger partial charge in [-0.15, -0.1) is 0 Å². The maximum Gasteiger partial charge on any atom is 0.332 e. The van der Waals surface area contributed by atoms with Crippen molar-refractivity contribution in [1.29, 1.82) is 0 Å². The van der Waals surface area contributed by atoms with Crippen LogP contribution in [0.25, 0.3) is 0 Å². The van der Waals surface area contributed by atoms with E-state index in [0.29, 0.717) is 6.42 Å². The summed E-state index contributed by atoms with van der Waals surface area (Å²) in [5.41, 5.74) is -0.485. The molecule has 4 nitrogen and oxygen atoms in total. The van der Waals surface area contributed by atoms with Crippen molar-refractivity contribution < 1.29 is 19.4 Å². The third-order valence-corrected chi connectivity index (χ3v) is 1.84. The molecule has 1 N–H and O–H groups in total. The first-order valence-corrected chi connectivity index (χ1v) is 5.83. The van der Waals surface area contributed by atoms with Crippen molar-refractivity contribution in [3.05, 3.63) is 0 Å². The first kappa shape index (κ1) is 15.4. The van der Waals surface area contributed by atoms with Crippen LogP contribution in [-0.2, 0) is 14.3 Å². The minimum absolute atomic E-state index is 0.0968. The molecule has 0 saturated carbocycles. The van der Waals surface area contributed by atoms with Gasteiger partial charge in [-0.25, -0.2) is 4.79 Å². The van der Waals surface area contributed by atoms with E-state index < -0.39 is 17.7 Å². The van der Waals surface area contributed by atoms with Gasteiger partial charge in [0, 0.05) is 0 Å². The molecule has 96 valence electrons. The summed E-state index contributed by atoms with van der Waals surface area (Å²) in [6, 6.07) is 0. The first-order chi connectivity index (χ1) is 7.35. The summed E-state index contributed by atoms with van der Waals surface area (Å²) >= 11 is 0. The van der Waals surface area contributed by atoms with Gasteiger partial charge in [-0.1, -0.05) is 19.8 Å². The Bertz CT molecular complexity index is 196. The van der Waals surface area contributed by atoms with Gasteiger partial charge in [0.25, 0.3) is 0 Å². The van der Waals surface area contributed by atoms with Crippen LogP contribution >= 0.6 is 0 Å². The van der Waals surface area contributed by atoms with Crippen molar-refractivity contribution >= 4 is 5.97 Å². The quantitative estimate of drug-likeness (QED) is 0.681. The molecule has 16 heavy (non-hydrogen) atoms. The molecular weight excluding hydrogens is 208 g/mol. The number of esters is 1. The molecule has 4 heteroatoms. The van der Waals surface area contributed by atoms with E-state index in [-0.39, 0.29) is 13.2 Å². The number of ether oxygens (including phenoxy) is 2. The summed E-state index contributed by atoms with van der Waals surface area (Å²) in [6.07, 6.45) is 2.24. The Labute approximate surface area is 97.9 Å². The highest BCUT2D eigenvalue weighted by molar-refractivity contribution is 5.71. The number of carbonyl (C=O) groups is 1. The van der Waals surface area contributed by atoms with E-state index in [1.165, 1.54) is 0 Å². The van der Waals surface area contributed by atoms with Gasteiger partial charge in [0.1, 0.15) is 12.2 Å². The Morgan fingerprint density at radius 1 is 1.38 bits per heavy atom. The molecule has 0 saturated heterocycles. The van der Waals surface area contributed by atoms with Crippen molar-refractivity contribution in [2.75, 3.05) is 13.2 Å².